The van der Waals surface area contributed by atoms with Crippen molar-refractivity contribution >= 4 is 17.3 Å². The van der Waals surface area contributed by atoms with E-state index in [1.54, 1.807) is 7.05 Å². The van der Waals surface area contributed by atoms with E-state index in [1.165, 1.54) is 12.1 Å². The molecular weight excluding hydrogens is 282 g/mol. The molecule has 0 radical (unpaired) electrons. The third-order valence-corrected chi connectivity index (χ3v) is 2.62. The number of nitrogens with zero attached hydrogens (tertiary/aromatic N) is 2. The first-order valence-electron chi connectivity index (χ1n) is 6.17. The molecule has 0 spiro atoms. The quantitative estimate of drug-likeness (QED) is 0.434. The summed E-state index contributed by atoms with van der Waals surface area (Å²) in [6, 6.07) is 3.35. The topological polar surface area (TPSA) is 125 Å². The Morgan fingerprint density at radius 3 is 2.24 bits per heavy atom. The van der Waals surface area contributed by atoms with Gasteiger partial charge in [0.2, 0.25) is 0 Å². The average Bonchev–Trinajstić information content (AvgIpc) is 2.44. The fourth-order valence-electron chi connectivity index (χ4n) is 1.59. The van der Waals surface area contributed by atoms with E-state index in [1.807, 2.05) is 0 Å². The molecule has 0 aliphatic carbocycles. The maximum atomic E-state index is 11.3. The maximum absolute atomic E-state index is 11.3. The molecule has 0 fully saturated rings. The van der Waals surface area contributed by atoms with Gasteiger partial charge < -0.3 is 10.1 Å². The Kier molecular flexibility index (Phi) is 6.21. The minimum Gasteiger partial charge on any atom is -0.465 e. The van der Waals surface area contributed by atoms with E-state index in [4.69, 9.17) is 4.74 Å². The summed E-state index contributed by atoms with van der Waals surface area (Å²) >= 11 is 0. The zero-order valence-corrected chi connectivity index (χ0v) is 11.4. The molecule has 0 aliphatic heterocycles. The standard InChI is InChI=1S/C12H15N3O6/c1-13-4-2-12(16)21-5-3-9-6-10(14(17)18)8-11(7-9)15(19)20/h6-8,13H,2-5H2,1H3. The summed E-state index contributed by atoms with van der Waals surface area (Å²) in [5, 5.41) is 24.2. The maximum Gasteiger partial charge on any atom is 0.307 e. The van der Waals surface area contributed by atoms with Crippen molar-refractivity contribution in [3.05, 3.63) is 44.0 Å². The highest BCUT2D eigenvalue weighted by Crippen LogP contribution is 2.22. The molecule has 0 aliphatic rings. The van der Waals surface area contributed by atoms with Crippen molar-refractivity contribution in [2.45, 2.75) is 12.8 Å². The summed E-state index contributed by atoms with van der Waals surface area (Å²) in [5.41, 5.74) is -0.348. The number of hydrogen-bond donors (Lipinski definition) is 1. The number of rotatable bonds is 8. The minimum absolute atomic E-state index is 0.0148. The molecule has 9 nitrogen and oxygen atoms in total. The second kappa shape index (κ2) is 7.90. The van der Waals surface area contributed by atoms with Crippen LogP contribution in [0.3, 0.4) is 0 Å². The first kappa shape index (κ1) is 16.5. The lowest BCUT2D eigenvalue weighted by Crippen LogP contribution is -2.16. The van der Waals surface area contributed by atoms with Crippen molar-refractivity contribution in [2.24, 2.45) is 0 Å². The van der Waals surface area contributed by atoms with Crippen molar-refractivity contribution < 1.29 is 19.4 Å². The average molecular weight is 297 g/mol. The Hall–Kier alpha value is -2.55. The number of nitrogens with one attached hydrogen (secondary N) is 1. The third-order valence-electron chi connectivity index (χ3n) is 2.62. The van der Waals surface area contributed by atoms with E-state index in [0.29, 0.717) is 12.1 Å². The minimum atomic E-state index is -0.699. The van der Waals surface area contributed by atoms with E-state index in [0.717, 1.165) is 6.07 Å². The number of carbonyl (C=O) groups is 1. The van der Waals surface area contributed by atoms with Crippen LogP contribution in [0.1, 0.15) is 12.0 Å². The Morgan fingerprint density at radius 2 is 1.76 bits per heavy atom. The second-order valence-corrected chi connectivity index (χ2v) is 4.20. The second-order valence-electron chi connectivity index (χ2n) is 4.20. The number of esters is 1. The lowest BCUT2D eigenvalue weighted by atomic mass is 10.1. The monoisotopic (exact) mass is 297 g/mol. The molecule has 0 saturated heterocycles. The molecule has 9 heteroatoms. The molecule has 0 heterocycles. The van der Waals surface area contributed by atoms with Crippen LogP contribution >= 0.6 is 0 Å². The SMILES string of the molecule is CNCCC(=O)OCCc1cc([N+](=O)[O-])cc([N+](=O)[O-])c1. The molecule has 1 N–H and O–H groups in total. The van der Waals surface area contributed by atoms with Gasteiger partial charge in [0.15, 0.2) is 0 Å². The predicted octanol–water partition coefficient (Wildman–Crippen LogP) is 1.20. The van der Waals surface area contributed by atoms with Crippen molar-refractivity contribution in [3.63, 3.8) is 0 Å². The molecule has 0 bridgehead atoms. The lowest BCUT2D eigenvalue weighted by Gasteiger charge is -2.05. The van der Waals surface area contributed by atoms with Gasteiger partial charge in [-0.1, -0.05) is 0 Å². The highest BCUT2D eigenvalue weighted by Gasteiger charge is 2.16. The Balaban J connectivity index is 2.68. The smallest absolute Gasteiger partial charge is 0.307 e. The summed E-state index contributed by atoms with van der Waals surface area (Å²) in [4.78, 5) is 31.3. The van der Waals surface area contributed by atoms with Crippen LogP contribution in [-0.4, -0.2) is 36.0 Å². The fraction of sp³-hybridized carbons (Fsp3) is 0.417. The molecule has 1 aromatic rings. The molecule has 0 saturated carbocycles. The largest absolute Gasteiger partial charge is 0.465 e. The summed E-state index contributed by atoms with van der Waals surface area (Å²) in [6.45, 7) is 0.502. The van der Waals surface area contributed by atoms with Crippen LogP contribution in [0.4, 0.5) is 11.4 Å². The van der Waals surface area contributed by atoms with Gasteiger partial charge in [-0.2, -0.15) is 0 Å². The van der Waals surface area contributed by atoms with Crippen LogP contribution in [0.25, 0.3) is 0 Å². The van der Waals surface area contributed by atoms with Gasteiger partial charge in [-0.25, -0.2) is 0 Å². The molecule has 0 aromatic heterocycles. The zero-order valence-electron chi connectivity index (χ0n) is 11.4. The van der Waals surface area contributed by atoms with Gasteiger partial charge in [0.25, 0.3) is 11.4 Å². The fourth-order valence-corrected chi connectivity index (χ4v) is 1.59. The van der Waals surface area contributed by atoms with E-state index in [2.05, 4.69) is 5.32 Å². The first-order valence-corrected chi connectivity index (χ1v) is 6.17. The van der Waals surface area contributed by atoms with E-state index in [9.17, 15) is 25.0 Å². The number of hydrogen-bond acceptors (Lipinski definition) is 7. The normalized spacial score (nSPS) is 10.1. The van der Waals surface area contributed by atoms with Crippen LogP contribution in [0.5, 0.6) is 0 Å². The van der Waals surface area contributed by atoms with Crippen LogP contribution < -0.4 is 5.32 Å². The highest BCUT2D eigenvalue weighted by molar-refractivity contribution is 5.69. The van der Waals surface area contributed by atoms with Gasteiger partial charge in [-0.05, 0) is 12.6 Å². The highest BCUT2D eigenvalue weighted by atomic mass is 16.6. The number of nitro groups is 2. The van der Waals surface area contributed by atoms with Crippen molar-refractivity contribution in [1.82, 2.24) is 5.32 Å². The molecule has 0 unspecified atom stereocenters. The molecule has 114 valence electrons. The van der Waals surface area contributed by atoms with Crippen LogP contribution in [0.15, 0.2) is 18.2 Å². The Morgan fingerprint density at radius 1 is 1.19 bits per heavy atom. The third kappa shape index (κ3) is 5.53. The van der Waals surface area contributed by atoms with E-state index in [-0.39, 0.29) is 30.8 Å². The number of carbonyl (C=O) groups excluding carboxylic acids is 1. The zero-order chi connectivity index (χ0) is 15.8. The number of nitro benzene ring substituents is 2. The first-order chi connectivity index (χ1) is 9.93. The van der Waals surface area contributed by atoms with Crippen molar-refractivity contribution in [2.75, 3.05) is 20.2 Å². The Bertz CT molecular complexity index is 514. The molecule has 0 amide bonds. The van der Waals surface area contributed by atoms with Crippen molar-refractivity contribution in [1.29, 1.82) is 0 Å². The molecule has 1 rings (SSSR count). The summed E-state index contributed by atoms with van der Waals surface area (Å²) in [6.07, 6.45) is 0.388. The van der Waals surface area contributed by atoms with Crippen LogP contribution in [-0.2, 0) is 16.0 Å². The van der Waals surface area contributed by atoms with E-state index >= 15 is 0 Å². The number of non-ortho nitro benzene ring substituents is 2. The molecule has 0 atom stereocenters. The molecule has 1 aromatic carbocycles. The van der Waals surface area contributed by atoms with Gasteiger partial charge in [-0.15, -0.1) is 0 Å². The summed E-state index contributed by atoms with van der Waals surface area (Å²) < 4.78 is 4.93. The predicted molar refractivity (Wildman–Crippen MR) is 73.0 cm³/mol. The van der Waals surface area contributed by atoms with E-state index < -0.39 is 15.8 Å². The molecule has 21 heavy (non-hydrogen) atoms. The van der Waals surface area contributed by atoms with Gasteiger partial charge in [0, 0.05) is 25.1 Å². The van der Waals surface area contributed by atoms with Gasteiger partial charge in [0.05, 0.1) is 28.9 Å². The van der Waals surface area contributed by atoms with Gasteiger partial charge >= 0.3 is 5.97 Å². The number of benzene rings is 1. The van der Waals surface area contributed by atoms with Crippen molar-refractivity contribution in [3.8, 4) is 0 Å². The Labute approximate surface area is 120 Å². The van der Waals surface area contributed by atoms with Gasteiger partial charge in [-0.3, -0.25) is 25.0 Å². The van der Waals surface area contributed by atoms with Crippen LogP contribution in [0, 0.1) is 20.2 Å². The summed E-state index contributed by atoms with van der Waals surface area (Å²) in [5.74, 6) is -0.399. The molecular formula is C12H15N3O6. The van der Waals surface area contributed by atoms with Gasteiger partial charge in [0.1, 0.15) is 0 Å². The summed E-state index contributed by atoms with van der Waals surface area (Å²) in [7, 11) is 1.70. The number of ether oxygens (including phenoxy) is 1. The van der Waals surface area contributed by atoms with Crippen LogP contribution in [0.2, 0.25) is 0 Å². The lowest BCUT2D eigenvalue weighted by molar-refractivity contribution is -0.394.